The van der Waals surface area contributed by atoms with E-state index in [1.54, 1.807) is 0 Å². The van der Waals surface area contributed by atoms with E-state index in [4.69, 9.17) is 21.4 Å². The van der Waals surface area contributed by atoms with Gasteiger partial charge in [-0.25, -0.2) is 4.79 Å². The molecular formula is C13H15ClN2O3. The number of hydrogen-bond donors (Lipinski definition) is 1. The monoisotopic (exact) mass is 282 g/mol. The van der Waals surface area contributed by atoms with Crippen LogP contribution in [0.2, 0.25) is 5.02 Å². The fourth-order valence-corrected chi connectivity index (χ4v) is 2.98. The number of carboxylic acid groups (broad SMARTS) is 1. The summed E-state index contributed by atoms with van der Waals surface area (Å²) in [6.45, 7) is 2.27. The summed E-state index contributed by atoms with van der Waals surface area (Å²) in [6, 6.07) is 5.85. The van der Waals surface area contributed by atoms with Crippen molar-refractivity contribution in [1.29, 1.82) is 0 Å². The molecule has 0 bridgehead atoms. The molecule has 2 aliphatic rings. The van der Waals surface area contributed by atoms with E-state index < -0.39 is 6.09 Å². The molecule has 1 amide bonds. The molecule has 0 saturated carbocycles. The molecule has 1 aromatic rings. The Morgan fingerprint density at radius 3 is 3.05 bits per heavy atom. The summed E-state index contributed by atoms with van der Waals surface area (Å²) in [4.78, 5) is 14.8. The minimum absolute atomic E-state index is 0.157. The number of fused-ring (bicyclic) bond motifs is 3. The van der Waals surface area contributed by atoms with Crippen LogP contribution in [-0.4, -0.2) is 48.4 Å². The number of anilines is 1. The van der Waals surface area contributed by atoms with Gasteiger partial charge in [0, 0.05) is 26.1 Å². The molecule has 3 rings (SSSR count). The quantitative estimate of drug-likeness (QED) is 0.793. The van der Waals surface area contributed by atoms with Gasteiger partial charge in [-0.2, -0.15) is 0 Å². The van der Waals surface area contributed by atoms with Crippen LogP contribution in [0.25, 0.3) is 0 Å². The van der Waals surface area contributed by atoms with Crippen LogP contribution in [0.1, 0.15) is 6.42 Å². The maximum absolute atomic E-state index is 11.1. The minimum atomic E-state index is -0.851. The Morgan fingerprint density at radius 1 is 1.42 bits per heavy atom. The van der Waals surface area contributed by atoms with Crippen LogP contribution in [0.4, 0.5) is 10.5 Å². The zero-order valence-corrected chi connectivity index (χ0v) is 11.1. The average molecular weight is 283 g/mol. The summed E-state index contributed by atoms with van der Waals surface area (Å²) in [5, 5.41) is 9.70. The minimum Gasteiger partial charge on any atom is -0.490 e. The first-order chi connectivity index (χ1) is 9.16. The Kier molecular flexibility index (Phi) is 3.14. The van der Waals surface area contributed by atoms with Gasteiger partial charge in [0.15, 0.2) is 5.75 Å². The van der Waals surface area contributed by atoms with E-state index in [0.29, 0.717) is 31.3 Å². The second-order valence-electron chi connectivity index (χ2n) is 4.80. The lowest BCUT2D eigenvalue weighted by atomic mass is 10.1. The SMILES string of the molecule is O=C(O)N1CCN2c3cccc(Cl)c3OCC[C@H]2C1. The third-order valence-corrected chi connectivity index (χ3v) is 4.00. The van der Waals surface area contributed by atoms with Crippen molar-refractivity contribution in [1.82, 2.24) is 4.90 Å². The Labute approximate surface area is 116 Å². The molecule has 102 valence electrons. The number of benzene rings is 1. The lowest BCUT2D eigenvalue weighted by Gasteiger charge is -2.40. The molecule has 2 aliphatic heterocycles. The molecule has 0 aliphatic carbocycles. The van der Waals surface area contributed by atoms with E-state index in [1.165, 1.54) is 4.90 Å². The number of amides is 1. The summed E-state index contributed by atoms with van der Waals surface area (Å²) in [7, 11) is 0. The molecule has 0 aromatic heterocycles. The number of hydrogen-bond acceptors (Lipinski definition) is 3. The van der Waals surface area contributed by atoms with E-state index in [-0.39, 0.29) is 6.04 Å². The van der Waals surface area contributed by atoms with Crippen molar-refractivity contribution in [3.63, 3.8) is 0 Å². The molecule has 0 spiro atoms. The first kappa shape index (κ1) is 12.4. The first-order valence-electron chi connectivity index (χ1n) is 6.32. The predicted molar refractivity (Wildman–Crippen MR) is 72.3 cm³/mol. The van der Waals surface area contributed by atoms with Crippen molar-refractivity contribution in [2.45, 2.75) is 12.5 Å². The van der Waals surface area contributed by atoms with Crippen LogP contribution in [0.3, 0.4) is 0 Å². The number of nitrogens with zero attached hydrogens (tertiary/aromatic N) is 2. The molecule has 1 saturated heterocycles. The van der Waals surface area contributed by atoms with Gasteiger partial charge in [0.05, 0.1) is 23.4 Å². The highest BCUT2D eigenvalue weighted by Crippen LogP contribution is 2.39. The zero-order valence-electron chi connectivity index (χ0n) is 10.4. The molecule has 5 nitrogen and oxygen atoms in total. The lowest BCUT2D eigenvalue weighted by Crippen LogP contribution is -2.54. The third kappa shape index (κ3) is 2.18. The molecular weight excluding hydrogens is 268 g/mol. The standard InChI is InChI=1S/C13H15ClN2O3/c14-10-2-1-3-11-12(10)19-7-4-9-8-15(13(17)18)5-6-16(9)11/h1-3,9H,4-8H2,(H,17,18)/t9-/m0/s1. The smallest absolute Gasteiger partial charge is 0.407 e. The van der Waals surface area contributed by atoms with Crippen molar-refractivity contribution in [3.8, 4) is 5.75 Å². The number of piperazine rings is 1. The van der Waals surface area contributed by atoms with Gasteiger partial charge < -0.3 is 19.6 Å². The van der Waals surface area contributed by atoms with Crippen LogP contribution >= 0.6 is 11.6 Å². The largest absolute Gasteiger partial charge is 0.490 e. The maximum atomic E-state index is 11.1. The predicted octanol–water partition coefficient (Wildman–Crippen LogP) is 2.29. The maximum Gasteiger partial charge on any atom is 0.407 e. The van der Waals surface area contributed by atoms with E-state index in [1.807, 2.05) is 18.2 Å². The Hall–Kier alpha value is -1.62. The molecule has 19 heavy (non-hydrogen) atoms. The third-order valence-electron chi connectivity index (χ3n) is 3.71. The van der Waals surface area contributed by atoms with Gasteiger partial charge in [-0.3, -0.25) is 0 Å². The lowest BCUT2D eigenvalue weighted by molar-refractivity contribution is 0.133. The highest BCUT2D eigenvalue weighted by Gasteiger charge is 2.33. The second kappa shape index (κ2) is 4.81. The second-order valence-corrected chi connectivity index (χ2v) is 5.21. The average Bonchev–Trinajstić information content (AvgIpc) is 2.58. The van der Waals surface area contributed by atoms with Crippen LogP contribution in [-0.2, 0) is 0 Å². The van der Waals surface area contributed by atoms with E-state index >= 15 is 0 Å². The van der Waals surface area contributed by atoms with Crippen LogP contribution in [0, 0.1) is 0 Å². The number of para-hydroxylation sites is 1. The highest BCUT2D eigenvalue weighted by atomic mass is 35.5. The Bertz CT molecular complexity index is 509. The highest BCUT2D eigenvalue weighted by molar-refractivity contribution is 6.32. The number of ether oxygens (including phenoxy) is 1. The van der Waals surface area contributed by atoms with Gasteiger partial charge in [0.25, 0.3) is 0 Å². The molecule has 1 atom stereocenters. The van der Waals surface area contributed by atoms with Gasteiger partial charge in [-0.15, -0.1) is 0 Å². The number of carbonyl (C=O) groups is 1. The molecule has 6 heteroatoms. The van der Waals surface area contributed by atoms with Gasteiger partial charge >= 0.3 is 6.09 Å². The fourth-order valence-electron chi connectivity index (χ4n) is 2.76. The topological polar surface area (TPSA) is 53.0 Å². The molecule has 2 heterocycles. The van der Waals surface area contributed by atoms with Crippen molar-refractivity contribution in [2.75, 3.05) is 31.1 Å². The van der Waals surface area contributed by atoms with Crippen LogP contribution < -0.4 is 9.64 Å². The molecule has 1 fully saturated rings. The van der Waals surface area contributed by atoms with Gasteiger partial charge in [0.2, 0.25) is 0 Å². The summed E-state index contributed by atoms with van der Waals surface area (Å²) in [5.74, 6) is 0.718. The first-order valence-corrected chi connectivity index (χ1v) is 6.70. The van der Waals surface area contributed by atoms with Crippen LogP contribution in [0.5, 0.6) is 5.75 Å². The van der Waals surface area contributed by atoms with Gasteiger partial charge in [-0.1, -0.05) is 17.7 Å². The summed E-state index contributed by atoms with van der Waals surface area (Å²) in [6.07, 6.45) is -0.0504. The van der Waals surface area contributed by atoms with Crippen molar-refractivity contribution in [2.24, 2.45) is 0 Å². The van der Waals surface area contributed by atoms with E-state index in [2.05, 4.69) is 4.90 Å². The van der Waals surface area contributed by atoms with Crippen LogP contribution in [0.15, 0.2) is 18.2 Å². The van der Waals surface area contributed by atoms with E-state index in [9.17, 15) is 4.79 Å². The molecule has 0 unspecified atom stereocenters. The molecule has 1 N–H and O–H groups in total. The van der Waals surface area contributed by atoms with E-state index in [0.717, 1.165) is 17.9 Å². The van der Waals surface area contributed by atoms with Crippen molar-refractivity contribution in [3.05, 3.63) is 23.2 Å². The molecule has 0 radical (unpaired) electrons. The number of rotatable bonds is 0. The van der Waals surface area contributed by atoms with Gasteiger partial charge in [0.1, 0.15) is 0 Å². The van der Waals surface area contributed by atoms with Crippen molar-refractivity contribution >= 4 is 23.4 Å². The Morgan fingerprint density at radius 2 is 2.26 bits per heavy atom. The summed E-state index contributed by atoms with van der Waals surface area (Å²) >= 11 is 6.17. The van der Waals surface area contributed by atoms with Crippen molar-refractivity contribution < 1.29 is 14.6 Å². The molecule has 1 aromatic carbocycles. The fraction of sp³-hybridized carbons (Fsp3) is 0.462. The Balaban J connectivity index is 1.92. The normalized spacial score (nSPS) is 22.1. The number of halogens is 1. The van der Waals surface area contributed by atoms with Gasteiger partial charge in [-0.05, 0) is 12.1 Å². The summed E-state index contributed by atoms with van der Waals surface area (Å²) in [5.41, 5.74) is 0.972. The summed E-state index contributed by atoms with van der Waals surface area (Å²) < 4.78 is 5.73. The zero-order chi connectivity index (χ0) is 13.4.